The molecular weight excluding hydrogens is 432 g/mol. The summed E-state index contributed by atoms with van der Waals surface area (Å²) in [7, 11) is 0. The van der Waals surface area contributed by atoms with Gasteiger partial charge in [0.1, 0.15) is 0 Å². The topological polar surface area (TPSA) is 60.3 Å². The van der Waals surface area contributed by atoms with E-state index in [4.69, 9.17) is 4.74 Å². The van der Waals surface area contributed by atoms with Crippen LogP contribution in [-0.4, -0.2) is 28.8 Å². The number of fused-ring (bicyclic) bond motifs is 1. The summed E-state index contributed by atoms with van der Waals surface area (Å²) in [6.07, 6.45) is 2.13. The number of anilines is 1. The van der Waals surface area contributed by atoms with Crippen molar-refractivity contribution in [3.05, 3.63) is 95.7 Å². The molecule has 1 aromatic heterocycles. The van der Waals surface area contributed by atoms with Crippen molar-refractivity contribution in [2.45, 2.75) is 25.3 Å². The minimum absolute atomic E-state index is 0.0976. The molecule has 0 saturated heterocycles. The second-order valence-electron chi connectivity index (χ2n) is 7.70. The zero-order valence-electron chi connectivity index (χ0n) is 18.7. The van der Waals surface area contributed by atoms with E-state index in [1.54, 1.807) is 31.2 Å². The van der Waals surface area contributed by atoms with Gasteiger partial charge < -0.3 is 14.6 Å². The van der Waals surface area contributed by atoms with Crippen LogP contribution >= 0.6 is 11.8 Å². The number of ether oxygens (including phenoxy) is 1. The van der Waals surface area contributed by atoms with Crippen LogP contribution in [0.15, 0.2) is 83.9 Å². The second kappa shape index (κ2) is 10.4. The maximum absolute atomic E-state index is 12.6. The number of nitrogens with one attached hydrogen (secondary N) is 1. The highest BCUT2D eigenvalue weighted by atomic mass is 32.2. The summed E-state index contributed by atoms with van der Waals surface area (Å²) >= 11 is 1.52. The van der Waals surface area contributed by atoms with Gasteiger partial charge in [-0.3, -0.25) is 4.79 Å². The first-order valence-corrected chi connectivity index (χ1v) is 11.9. The maximum Gasteiger partial charge on any atom is 0.338 e. The number of carbonyl (C=O) groups excluding carboxylic acids is 2. The predicted molar refractivity (Wildman–Crippen MR) is 134 cm³/mol. The lowest BCUT2D eigenvalue weighted by atomic mass is 10.1. The molecular formula is C27H26N2O3S. The molecule has 0 unspecified atom stereocenters. The predicted octanol–water partition coefficient (Wildman–Crippen LogP) is 5.91. The molecule has 0 aliphatic carbocycles. The molecule has 1 N–H and O–H groups in total. The normalized spacial score (nSPS) is 10.8. The third kappa shape index (κ3) is 5.46. The Morgan fingerprint density at radius 1 is 0.970 bits per heavy atom. The molecule has 0 aliphatic heterocycles. The number of thioether (sulfide) groups is 1. The molecule has 0 saturated carbocycles. The summed E-state index contributed by atoms with van der Waals surface area (Å²) in [4.78, 5) is 25.4. The molecule has 0 radical (unpaired) electrons. The largest absolute Gasteiger partial charge is 0.462 e. The number of carbonyl (C=O) groups is 2. The number of amides is 1. The number of esters is 1. The summed E-state index contributed by atoms with van der Waals surface area (Å²) in [6, 6.07) is 23.4. The molecule has 0 atom stereocenters. The summed E-state index contributed by atoms with van der Waals surface area (Å²) in [5.74, 6) is -0.175. The van der Waals surface area contributed by atoms with Gasteiger partial charge in [-0.15, -0.1) is 11.8 Å². The van der Waals surface area contributed by atoms with E-state index in [0.29, 0.717) is 17.9 Å². The molecule has 1 amide bonds. The van der Waals surface area contributed by atoms with Crippen LogP contribution in [0.4, 0.5) is 5.69 Å². The van der Waals surface area contributed by atoms with Gasteiger partial charge in [0, 0.05) is 34.2 Å². The highest BCUT2D eigenvalue weighted by Gasteiger charge is 2.12. The summed E-state index contributed by atoms with van der Waals surface area (Å²) in [6.45, 7) is 5.01. The van der Waals surface area contributed by atoms with Crippen molar-refractivity contribution in [1.82, 2.24) is 4.57 Å². The summed E-state index contributed by atoms with van der Waals surface area (Å²) < 4.78 is 7.23. The van der Waals surface area contributed by atoms with Crippen LogP contribution < -0.4 is 5.32 Å². The Morgan fingerprint density at radius 3 is 2.45 bits per heavy atom. The Kier molecular flexibility index (Phi) is 7.15. The number of aromatic nitrogens is 1. The average molecular weight is 459 g/mol. The average Bonchev–Trinajstić information content (AvgIpc) is 3.17. The van der Waals surface area contributed by atoms with Gasteiger partial charge in [0.25, 0.3) is 0 Å². The van der Waals surface area contributed by atoms with E-state index >= 15 is 0 Å². The fourth-order valence-corrected chi connectivity index (χ4v) is 4.56. The van der Waals surface area contributed by atoms with Crippen LogP contribution in [0.2, 0.25) is 0 Å². The number of hydrogen-bond acceptors (Lipinski definition) is 4. The molecule has 6 heteroatoms. The first kappa shape index (κ1) is 22.7. The molecule has 4 aromatic rings. The number of rotatable bonds is 8. The van der Waals surface area contributed by atoms with Crippen LogP contribution in [0.3, 0.4) is 0 Å². The number of benzene rings is 3. The number of nitrogens with zero attached hydrogens (tertiary/aromatic N) is 1. The Hall–Kier alpha value is -3.51. The summed E-state index contributed by atoms with van der Waals surface area (Å²) in [5.41, 5.74) is 4.80. The van der Waals surface area contributed by atoms with E-state index in [9.17, 15) is 9.59 Å². The SMILES string of the molecule is CCOC(=O)c1ccc(NC(=O)CSc2cn(Cc3ccccc3C)c3ccccc23)cc1. The van der Waals surface area contributed by atoms with E-state index in [2.05, 4.69) is 59.4 Å². The van der Waals surface area contributed by atoms with Crippen molar-refractivity contribution in [2.24, 2.45) is 0 Å². The van der Waals surface area contributed by atoms with Crippen LogP contribution in [-0.2, 0) is 16.1 Å². The van der Waals surface area contributed by atoms with E-state index in [1.165, 1.54) is 22.9 Å². The van der Waals surface area contributed by atoms with Gasteiger partial charge in [-0.2, -0.15) is 0 Å². The Morgan fingerprint density at radius 2 is 1.70 bits per heavy atom. The van der Waals surface area contributed by atoms with E-state index < -0.39 is 0 Å². The molecule has 5 nitrogen and oxygen atoms in total. The highest BCUT2D eigenvalue weighted by molar-refractivity contribution is 8.00. The molecule has 3 aromatic carbocycles. The first-order chi connectivity index (χ1) is 16.0. The van der Waals surface area contributed by atoms with E-state index in [1.807, 2.05) is 12.1 Å². The van der Waals surface area contributed by atoms with Gasteiger partial charge >= 0.3 is 5.97 Å². The van der Waals surface area contributed by atoms with Gasteiger partial charge in [0.15, 0.2) is 0 Å². The molecule has 1 heterocycles. The minimum atomic E-state index is -0.368. The highest BCUT2D eigenvalue weighted by Crippen LogP contribution is 2.31. The molecule has 33 heavy (non-hydrogen) atoms. The standard InChI is InChI=1S/C27H26N2O3S/c1-3-32-27(31)20-12-14-22(15-13-20)28-26(30)18-33-25-17-29(24-11-7-6-10-23(24)25)16-21-9-5-4-8-19(21)2/h4-15,17H,3,16,18H2,1-2H3,(H,28,30). The van der Waals surface area contributed by atoms with Crippen molar-refractivity contribution >= 4 is 40.2 Å². The lowest BCUT2D eigenvalue weighted by Crippen LogP contribution is -2.14. The van der Waals surface area contributed by atoms with Crippen molar-refractivity contribution in [1.29, 1.82) is 0 Å². The Balaban J connectivity index is 1.43. The monoisotopic (exact) mass is 458 g/mol. The molecule has 0 bridgehead atoms. The maximum atomic E-state index is 12.6. The fourth-order valence-electron chi connectivity index (χ4n) is 3.67. The smallest absolute Gasteiger partial charge is 0.338 e. The number of para-hydroxylation sites is 1. The van der Waals surface area contributed by atoms with Gasteiger partial charge in [0.05, 0.1) is 17.9 Å². The van der Waals surface area contributed by atoms with E-state index in [0.717, 1.165) is 22.3 Å². The van der Waals surface area contributed by atoms with E-state index in [-0.39, 0.29) is 17.6 Å². The Labute approximate surface area is 197 Å². The van der Waals surface area contributed by atoms with Gasteiger partial charge in [-0.1, -0.05) is 42.5 Å². The third-order valence-corrected chi connectivity index (χ3v) is 6.44. The van der Waals surface area contributed by atoms with Crippen LogP contribution in [0.5, 0.6) is 0 Å². The van der Waals surface area contributed by atoms with Crippen LogP contribution in [0.1, 0.15) is 28.4 Å². The van der Waals surface area contributed by atoms with Crippen LogP contribution in [0.25, 0.3) is 10.9 Å². The first-order valence-electron chi connectivity index (χ1n) is 10.9. The number of aryl methyl sites for hydroxylation is 1. The molecule has 168 valence electrons. The van der Waals surface area contributed by atoms with Crippen molar-refractivity contribution in [2.75, 3.05) is 17.7 Å². The fraction of sp³-hybridized carbons (Fsp3) is 0.185. The van der Waals surface area contributed by atoms with Gasteiger partial charge in [-0.05, 0) is 55.3 Å². The van der Waals surface area contributed by atoms with Gasteiger partial charge in [-0.25, -0.2) is 4.79 Å². The summed E-state index contributed by atoms with van der Waals surface area (Å²) in [5, 5.41) is 4.04. The van der Waals surface area contributed by atoms with Crippen molar-refractivity contribution < 1.29 is 14.3 Å². The molecule has 4 rings (SSSR count). The lowest BCUT2D eigenvalue weighted by Gasteiger charge is -2.08. The molecule has 0 fully saturated rings. The van der Waals surface area contributed by atoms with Crippen molar-refractivity contribution in [3.63, 3.8) is 0 Å². The van der Waals surface area contributed by atoms with Gasteiger partial charge in [0.2, 0.25) is 5.91 Å². The number of hydrogen-bond donors (Lipinski definition) is 1. The third-order valence-electron chi connectivity index (χ3n) is 5.39. The quantitative estimate of drug-likeness (QED) is 0.264. The Bertz CT molecular complexity index is 1280. The molecule has 0 spiro atoms. The second-order valence-corrected chi connectivity index (χ2v) is 8.72. The molecule has 0 aliphatic rings. The lowest BCUT2D eigenvalue weighted by molar-refractivity contribution is -0.113. The zero-order valence-corrected chi connectivity index (χ0v) is 19.5. The van der Waals surface area contributed by atoms with Crippen LogP contribution in [0, 0.1) is 6.92 Å². The zero-order chi connectivity index (χ0) is 23.2. The minimum Gasteiger partial charge on any atom is -0.462 e. The van der Waals surface area contributed by atoms with Crippen molar-refractivity contribution in [3.8, 4) is 0 Å².